The van der Waals surface area contributed by atoms with Crippen molar-refractivity contribution in [3.05, 3.63) is 23.8 Å². The summed E-state index contributed by atoms with van der Waals surface area (Å²) in [5, 5.41) is 0. The lowest BCUT2D eigenvalue weighted by atomic mass is 10.1. The summed E-state index contributed by atoms with van der Waals surface area (Å²) in [6.45, 7) is 3.91. The molecule has 0 saturated heterocycles. The van der Waals surface area contributed by atoms with Crippen LogP contribution in [0, 0.1) is 6.92 Å². The molecule has 0 amide bonds. The molecule has 1 unspecified atom stereocenters. The van der Waals surface area contributed by atoms with Crippen LogP contribution in [-0.2, 0) is 6.42 Å². The highest BCUT2D eigenvalue weighted by Crippen LogP contribution is 2.00. The van der Waals surface area contributed by atoms with Gasteiger partial charge in [-0.25, -0.2) is 9.97 Å². The Kier molecular flexibility index (Phi) is 3.17. The van der Waals surface area contributed by atoms with Crippen LogP contribution in [0.25, 0.3) is 0 Å². The predicted octanol–water partition coefficient (Wildman–Crippen LogP) is 1.06. The number of nitrogens with zero attached hydrogens (tertiary/aromatic N) is 2. The lowest BCUT2D eigenvalue weighted by Crippen LogP contribution is -2.15. The van der Waals surface area contributed by atoms with Crippen molar-refractivity contribution in [1.29, 1.82) is 0 Å². The van der Waals surface area contributed by atoms with Gasteiger partial charge in [0, 0.05) is 17.9 Å². The second-order valence-corrected chi connectivity index (χ2v) is 3.11. The Balaban J connectivity index is 2.52. The molecule has 66 valence electrons. The van der Waals surface area contributed by atoms with Crippen molar-refractivity contribution in [3.8, 4) is 0 Å². The zero-order valence-electron chi connectivity index (χ0n) is 7.62. The van der Waals surface area contributed by atoms with E-state index in [1.165, 1.54) is 0 Å². The second kappa shape index (κ2) is 4.16. The number of aryl methyl sites for hydroxylation is 2. The molecule has 0 aliphatic carbocycles. The molecule has 0 fully saturated rings. The van der Waals surface area contributed by atoms with Crippen LogP contribution in [-0.4, -0.2) is 16.0 Å². The highest BCUT2D eigenvalue weighted by molar-refractivity contribution is 5.01. The number of hydrogen-bond donors (Lipinski definition) is 1. The topological polar surface area (TPSA) is 51.8 Å². The average Bonchev–Trinajstić information content (AvgIpc) is 2.01. The molecule has 3 heteroatoms. The Morgan fingerprint density at radius 1 is 1.58 bits per heavy atom. The van der Waals surface area contributed by atoms with Gasteiger partial charge in [-0.15, -0.1) is 0 Å². The van der Waals surface area contributed by atoms with E-state index in [4.69, 9.17) is 5.73 Å². The molecule has 0 bridgehead atoms. The second-order valence-electron chi connectivity index (χ2n) is 3.11. The van der Waals surface area contributed by atoms with Crippen LogP contribution in [0.15, 0.2) is 12.3 Å². The summed E-state index contributed by atoms with van der Waals surface area (Å²) in [5.74, 6) is 0.831. The highest BCUT2D eigenvalue weighted by Gasteiger charge is 1.98. The van der Waals surface area contributed by atoms with Gasteiger partial charge in [0.15, 0.2) is 0 Å². The number of aromatic nitrogens is 2. The molecule has 3 nitrogen and oxygen atoms in total. The summed E-state index contributed by atoms with van der Waals surface area (Å²) >= 11 is 0. The van der Waals surface area contributed by atoms with E-state index in [1.807, 2.05) is 19.9 Å². The third kappa shape index (κ3) is 2.96. The minimum Gasteiger partial charge on any atom is -0.328 e. The first kappa shape index (κ1) is 9.13. The maximum Gasteiger partial charge on any atom is 0.125 e. The smallest absolute Gasteiger partial charge is 0.125 e. The van der Waals surface area contributed by atoms with Crippen LogP contribution in [0.1, 0.15) is 24.9 Å². The first-order chi connectivity index (χ1) is 5.68. The van der Waals surface area contributed by atoms with E-state index in [0.717, 1.165) is 24.4 Å². The van der Waals surface area contributed by atoms with Crippen LogP contribution >= 0.6 is 0 Å². The Hall–Kier alpha value is -0.960. The summed E-state index contributed by atoms with van der Waals surface area (Å²) in [7, 11) is 0. The van der Waals surface area contributed by atoms with Gasteiger partial charge in [-0.1, -0.05) is 0 Å². The molecule has 0 aromatic carbocycles. The first-order valence-electron chi connectivity index (χ1n) is 4.22. The summed E-state index contributed by atoms with van der Waals surface area (Å²) in [4.78, 5) is 8.30. The minimum atomic E-state index is 0.250. The number of nitrogens with two attached hydrogens (primary N) is 1. The maximum atomic E-state index is 5.63. The van der Waals surface area contributed by atoms with Crippen molar-refractivity contribution < 1.29 is 0 Å². The molecule has 0 radical (unpaired) electrons. The van der Waals surface area contributed by atoms with E-state index in [1.54, 1.807) is 6.20 Å². The van der Waals surface area contributed by atoms with Gasteiger partial charge in [0.2, 0.25) is 0 Å². The van der Waals surface area contributed by atoms with E-state index in [-0.39, 0.29) is 6.04 Å². The van der Waals surface area contributed by atoms with E-state index in [2.05, 4.69) is 9.97 Å². The Morgan fingerprint density at radius 2 is 2.33 bits per heavy atom. The van der Waals surface area contributed by atoms with Gasteiger partial charge < -0.3 is 5.73 Å². The molecule has 2 N–H and O–H groups in total. The third-order valence-electron chi connectivity index (χ3n) is 1.69. The highest BCUT2D eigenvalue weighted by atomic mass is 14.9. The van der Waals surface area contributed by atoms with Crippen molar-refractivity contribution in [2.24, 2.45) is 5.73 Å². The van der Waals surface area contributed by atoms with E-state index < -0.39 is 0 Å². The fourth-order valence-electron chi connectivity index (χ4n) is 1.02. The lowest BCUT2D eigenvalue weighted by molar-refractivity contribution is 0.655. The first-order valence-corrected chi connectivity index (χ1v) is 4.22. The number of hydrogen-bond acceptors (Lipinski definition) is 3. The molecule has 0 spiro atoms. The van der Waals surface area contributed by atoms with Crippen molar-refractivity contribution >= 4 is 0 Å². The minimum absolute atomic E-state index is 0.250. The Labute approximate surface area is 73.0 Å². The normalized spacial score (nSPS) is 12.9. The molecule has 1 atom stereocenters. The molecule has 0 aliphatic rings. The molecule has 1 rings (SSSR count). The maximum absolute atomic E-state index is 5.63. The number of rotatable bonds is 3. The lowest BCUT2D eigenvalue weighted by Gasteiger charge is -2.03. The van der Waals surface area contributed by atoms with Crippen LogP contribution in [0.2, 0.25) is 0 Å². The summed E-state index contributed by atoms with van der Waals surface area (Å²) in [6, 6.07) is 2.19. The summed E-state index contributed by atoms with van der Waals surface area (Å²) in [6.07, 6.45) is 3.72. The van der Waals surface area contributed by atoms with E-state index in [0.29, 0.717) is 0 Å². The van der Waals surface area contributed by atoms with Crippen LogP contribution < -0.4 is 5.73 Å². The Bertz CT molecular complexity index is 245. The molecule has 1 aromatic rings. The molecule has 0 aliphatic heterocycles. The largest absolute Gasteiger partial charge is 0.328 e. The molecular weight excluding hydrogens is 150 g/mol. The molecule has 1 aromatic heterocycles. The van der Waals surface area contributed by atoms with Gasteiger partial charge in [0.25, 0.3) is 0 Å². The van der Waals surface area contributed by atoms with Crippen molar-refractivity contribution in [2.75, 3.05) is 0 Å². The Morgan fingerprint density at radius 3 is 2.92 bits per heavy atom. The van der Waals surface area contributed by atoms with E-state index in [9.17, 15) is 0 Å². The van der Waals surface area contributed by atoms with Crippen LogP contribution in [0.4, 0.5) is 0 Å². The monoisotopic (exact) mass is 165 g/mol. The van der Waals surface area contributed by atoms with Crippen molar-refractivity contribution in [2.45, 2.75) is 32.7 Å². The van der Waals surface area contributed by atoms with Crippen LogP contribution in [0.3, 0.4) is 0 Å². The predicted molar refractivity (Wildman–Crippen MR) is 48.7 cm³/mol. The summed E-state index contributed by atoms with van der Waals surface area (Å²) < 4.78 is 0. The molecule has 1 heterocycles. The fourth-order valence-corrected chi connectivity index (χ4v) is 1.02. The zero-order valence-corrected chi connectivity index (χ0v) is 7.62. The van der Waals surface area contributed by atoms with Gasteiger partial charge in [-0.3, -0.25) is 0 Å². The van der Waals surface area contributed by atoms with Crippen LogP contribution in [0.5, 0.6) is 0 Å². The van der Waals surface area contributed by atoms with Crippen molar-refractivity contribution in [1.82, 2.24) is 9.97 Å². The van der Waals surface area contributed by atoms with Gasteiger partial charge >= 0.3 is 0 Å². The third-order valence-corrected chi connectivity index (χ3v) is 1.69. The molecule has 12 heavy (non-hydrogen) atoms. The van der Waals surface area contributed by atoms with Crippen molar-refractivity contribution in [3.63, 3.8) is 0 Å². The van der Waals surface area contributed by atoms with Gasteiger partial charge in [-0.2, -0.15) is 0 Å². The average molecular weight is 165 g/mol. The molecule has 0 saturated carbocycles. The fraction of sp³-hybridized carbons (Fsp3) is 0.556. The van der Waals surface area contributed by atoms with Gasteiger partial charge in [0.1, 0.15) is 5.82 Å². The standard InChI is InChI=1S/C9H15N3/c1-7(10)3-4-9-5-6-11-8(2)12-9/h5-7H,3-4,10H2,1-2H3. The zero-order chi connectivity index (χ0) is 8.97. The SMILES string of the molecule is Cc1nccc(CCC(C)N)n1. The van der Waals surface area contributed by atoms with Gasteiger partial charge in [-0.05, 0) is 32.8 Å². The van der Waals surface area contributed by atoms with E-state index >= 15 is 0 Å². The molecular formula is C9H15N3. The summed E-state index contributed by atoms with van der Waals surface area (Å²) in [5.41, 5.74) is 6.72. The quantitative estimate of drug-likeness (QED) is 0.728. The van der Waals surface area contributed by atoms with Gasteiger partial charge in [0.05, 0.1) is 0 Å².